The van der Waals surface area contributed by atoms with Crippen LogP contribution in [0.1, 0.15) is 36.8 Å². The van der Waals surface area contributed by atoms with Gasteiger partial charge in [-0.3, -0.25) is 0 Å². The molecule has 64 valence electrons. The van der Waals surface area contributed by atoms with Crippen LogP contribution in [-0.4, -0.2) is 0 Å². The van der Waals surface area contributed by atoms with Gasteiger partial charge in [-0.05, 0) is 37.2 Å². The van der Waals surface area contributed by atoms with Gasteiger partial charge in [-0.1, -0.05) is 36.8 Å². The Labute approximate surface area is 74.6 Å². The van der Waals surface area contributed by atoms with Crippen LogP contribution in [0.25, 0.3) is 0 Å². The Hall–Kier alpha value is -0.780. The van der Waals surface area contributed by atoms with Gasteiger partial charge in [-0.15, -0.1) is 0 Å². The summed E-state index contributed by atoms with van der Waals surface area (Å²) in [4.78, 5) is 0. The van der Waals surface area contributed by atoms with Crippen molar-refractivity contribution in [3.63, 3.8) is 0 Å². The second-order valence-electron chi connectivity index (χ2n) is 4.04. The molecule has 1 aliphatic rings. The van der Waals surface area contributed by atoms with Crippen LogP contribution in [-0.2, 0) is 0 Å². The van der Waals surface area contributed by atoms with Crippen molar-refractivity contribution >= 4 is 0 Å². The molecule has 0 heteroatoms. The van der Waals surface area contributed by atoms with E-state index >= 15 is 0 Å². The molecule has 0 N–H and O–H groups in total. The minimum absolute atomic E-state index is 0.782. The summed E-state index contributed by atoms with van der Waals surface area (Å²) in [5.74, 6) is 1.76. The summed E-state index contributed by atoms with van der Waals surface area (Å²) in [6.45, 7) is 4.52. The highest BCUT2D eigenvalue weighted by atomic mass is 14.3. The second kappa shape index (κ2) is 2.93. The van der Waals surface area contributed by atoms with Crippen LogP contribution in [0.4, 0.5) is 0 Å². The average Bonchev–Trinajstić information content (AvgIpc) is 2.85. The lowest BCUT2D eigenvalue weighted by atomic mass is 9.95. The highest BCUT2D eigenvalue weighted by molar-refractivity contribution is 5.26. The zero-order valence-corrected chi connectivity index (χ0v) is 7.88. The first-order valence-electron chi connectivity index (χ1n) is 4.84. The second-order valence-corrected chi connectivity index (χ2v) is 4.04. The van der Waals surface area contributed by atoms with Crippen molar-refractivity contribution in [1.82, 2.24) is 0 Å². The SMILES string of the molecule is Cc1cccc([C@H](C)C2CC2)c1. The van der Waals surface area contributed by atoms with Gasteiger partial charge in [0.05, 0.1) is 0 Å². The molecule has 0 radical (unpaired) electrons. The first-order valence-corrected chi connectivity index (χ1v) is 4.84. The molecule has 12 heavy (non-hydrogen) atoms. The van der Waals surface area contributed by atoms with Crippen molar-refractivity contribution in [3.05, 3.63) is 35.4 Å². The van der Waals surface area contributed by atoms with Crippen molar-refractivity contribution < 1.29 is 0 Å². The molecule has 0 amide bonds. The average molecular weight is 160 g/mol. The summed E-state index contributed by atoms with van der Waals surface area (Å²) in [7, 11) is 0. The zero-order chi connectivity index (χ0) is 8.55. The first kappa shape index (κ1) is 7.85. The van der Waals surface area contributed by atoms with Gasteiger partial charge in [0.2, 0.25) is 0 Å². The van der Waals surface area contributed by atoms with Gasteiger partial charge in [0, 0.05) is 0 Å². The Kier molecular flexibility index (Phi) is 1.92. The van der Waals surface area contributed by atoms with Gasteiger partial charge in [0.1, 0.15) is 0 Å². The van der Waals surface area contributed by atoms with Crippen LogP contribution < -0.4 is 0 Å². The summed E-state index contributed by atoms with van der Waals surface area (Å²) in [6.07, 6.45) is 2.88. The molecule has 1 saturated carbocycles. The molecule has 1 atom stereocenters. The highest BCUT2D eigenvalue weighted by Gasteiger charge is 2.28. The summed E-state index contributed by atoms with van der Waals surface area (Å²) < 4.78 is 0. The summed E-state index contributed by atoms with van der Waals surface area (Å²) >= 11 is 0. The van der Waals surface area contributed by atoms with Gasteiger partial charge in [0.25, 0.3) is 0 Å². The molecule has 0 aromatic heterocycles. The lowest BCUT2D eigenvalue weighted by Crippen LogP contribution is -1.95. The molecule has 0 nitrogen and oxygen atoms in total. The molecule has 0 heterocycles. The Morgan fingerprint density at radius 2 is 2.08 bits per heavy atom. The standard InChI is InChI=1S/C12H16/c1-9-4-3-5-12(8-9)10(2)11-6-7-11/h3-5,8,10-11H,6-7H2,1-2H3/t10-/m1/s1. The fraction of sp³-hybridized carbons (Fsp3) is 0.500. The molecular weight excluding hydrogens is 144 g/mol. The molecule has 1 aromatic carbocycles. The first-order chi connectivity index (χ1) is 5.77. The molecule has 1 fully saturated rings. The molecule has 0 saturated heterocycles. The number of hydrogen-bond donors (Lipinski definition) is 0. The number of benzene rings is 1. The minimum atomic E-state index is 0.782. The van der Waals surface area contributed by atoms with Gasteiger partial charge in [-0.25, -0.2) is 0 Å². The van der Waals surface area contributed by atoms with E-state index in [1.54, 1.807) is 0 Å². The molecule has 0 unspecified atom stereocenters. The van der Waals surface area contributed by atoms with Crippen LogP contribution in [0.3, 0.4) is 0 Å². The molecule has 2 rings (SSSR count). The normalized spacial score (nSPS) is 19.2. The van der Waals surface area contributed by atoms with Crippen molar-refractivity contribution in [2.24, 2.45) is 5.92 Å². The molecular formula is C12H16. The third-order valence-electron chi connectivity index (χ3n) is 2.90. The predicted octanol–water partition coefficient (Wildman–Crippen LogP) is 3.51. The van der Waals surface area contributed by atoms with Gasteiger partial charge in [-0.2, -0.15) is 0 Å². The van der Waals surface area contributed by atoms with Crippen molar-refractivity contribution in [1.29, 1.82) is 0 Å². The van der Waals surface area contributed by atoms with Crippen LogP contribution in [0.5, 0.6) is 0 Å². The van der Waals surface area contributed by atoms with E-state index in [1.165, 1.54) is 24.0 Å². The van der Waals surface area contributed by atoms with Crippen molar-refractivity contribution in [2.45, 2.75) is 32.6 Å². The van der Waals surface area contributed by atoms with E-state index in [2.05, 4.69) is 38.1 Å². The summed E-state index contributed by atoms with van der Waals surface area (Å²) in [5.41, 5.74) is 2.91. The Balaban J connectivity index is 2.20. The molecule has 0 bridgehead atoms. The maximum absolute atomic E-state index is 2.35. The van der Waals surface area contributed by atoms with E-state index in [4.69, 9.17) is 0 Å². The van der Waals surface area contributed by atoms with Crippen molar-refractivity contribution in [3.8, 4) is 0 Å². The fourth-order valence-corrected chi connectivity index (χ4v) is 1.82. The van der Waals surface area contributed by atoms with E-state index < -0.39 is 0 Å². The quantitative estimate of drug-likeness (QED) is 0.621. The smallest absolute Gasteiger partial charge is 0.0162 e. The zero-order valence-electron chi connectivity index (χ0n) is 7.88. The van der Waals surface area contributed by atoms with Gasteiger partial charge >= 0.3 is 0 Å². The monoisotopic (exact) mass is 160 g/mol. The highest BCUT2D eigenvalue weighted by Crippen LogP contribution is 2.42. The van der Waals surface area contributed by atoms with Gasteiger partial charge < -0.3 is 0 Å². The van der Waals surface area contributed by atoms with Crippen LogP contribution in [0, 0.1) is 12.8 Å². The van der Waals surface area contributed by atoms with Crippen LogP contribution >= 0.6 is 0 Å². The van der Waals surface area contributed by atoms with E-state index in [1.807, 2.05) is 0 Å². The molecule has 0 spiro atoms. The van der Waals surface area contributed by atoms with E-state index in [0.717, 1.165) is 11.8 Å². The lowest BCUT2D eigenvalue weighted by Gasteiger charge is -2.10. The van der Waals surface area contributed by atoms with Crippen molar-refractivity contribution in [2.75, 3.05) is 0 Å². The van der Waals surface area contributed by atoms with Gasteiger partial charge in [0.15, 0.2) is 0 Å². The molecule has 1 aromatic rings. The van der Waals surface area contributed by atoms with Crippen LogP contribution in [0.2, 0.25) is 0 Å². The number of aryl methyl sites for hydroxylation is 1. The predicted molar refractivity (Wildman–Crippen MR) is 52.3 cm³/mol. The Morgan fingerprint density at radius 3 is 2.67 bits per heavy atom. The fourth-order valence-electron chi connectivity index (χ4n) is 1.82. The lowest BCUT2D eigenvalue weighted by molar-refractivity contribution is 0.663. The topological polar surface area (TPSA) is 0 Å². The summed E-state index contributed by atoms with van der Waals surface area (Å²) in [6, 6.07) is 8.92. The minimum Gasteiger partial charge on any atom is -0.0617 e. The third-order valence-corrected chi connectivity index (χ3v) is 2.90. The Morgan fingerprint density at radius 1 is 1.33 bits per heavy atom. The van der Waals surface area contributed by atoms with E-state index in [9.17, 15) is 0 Å². The van der Waals surface area contributed by atoms with E-state index in [0.29, 0.717) is 0 Å². The Bertz CT molecular complexity index is 271. The number of hydrogen-bond acceptors (Lipinski definition) is 0. The maximum atomic E-state index is 2.35. The number of rotatable bonds is 2. The largest absolute Gasteiger partial charge is 0.0617 e. The van der Waals surface area contributed by atoms with Crippen LogP contribution in [0.15, 0.2) is 24.3 Å². The maximum Gasteiger partial charge on any atom is -0.0162 e. The van der Waals surface area contributed by atoms with E-state index in [-0.39, 0.29) is 0 Å². The molecule has 0 aliphatic heterocycles. The third kappa shape index (κ3) is 1.52. The molecule has 1 aliphatic carbocycles. The summed E-state index contributed by atoms with van der Waals surface area (Å²) in [5, 5.41) is 0.